The molecule has 0 saturated carbocycles. The van der Waals surface area contributed by atoms with Crippen LogP contribution in [-0.4, -0.2) is 18.7 Å². The number of carbonyl (C=O) groups is 1. The Balaban J connectivity index is 2.45. The summed E-state index contributed by atoms with van der Waals surface area (Å²) in [5, 5.41) is 1.11. The van der Waals surface area contributed by atoms with E-state index in [9.17, 15) is 9.59 Å². The van der Waals surface area contributed by atoms with Crippen molar-refractivity contribution in [1.29, 1.82) is 0 Å². The maximum Gasteiger partial charge on any atom is 0.347 e. The van der Waals surface area contributed by atoms with Crippen LogP contribution in [0.2, 0.25) is 5.02 Å². The van der Waals surface area contributed by atoms with Gasteiger partial charge in [-0.2, -0.15) is 0 Å². The van der Waals surface area contributed by atoms with E-state index < -0.39 is 12.1 Å². The summed E-state index contributed by atoms with van der Waals surface area (Å²) in [6.45, 7) is 7.45. The number of hydrogen-bond acceptors (Lipinski definition) is 5. The summed E-state index contributed by atoms with van der Waals surface area (Å²) >= 11 is 6.27. The van der Waals surface area contributed by atoms with Gasteiger partial charge in [0.05, 0.1) is 11.6 Å². The first-order valence-corrected chi connectivity index (χ1v) is 8.35. The van der Waals surface area contributed by atoms with Crippen molar-refractivity contribution in [3.8, 4) is 5.75 Å². The first-order chi connectivity index (χ1) is 11.4. The zero-order valence-corrected chi connectivity index (χ0v) is 15.0. The third kappa shape index (κ3) is 3.73. The van der Waals surface area contributed by atoms with Gasteiger partial charge < -0.3 is 13.9 Å². The van der Waals surface area contributed by atoms with Crippen LogP contribution in [0.1, 0.15) is 38.3 Å². The molecule has 0 amide bonds. The Kier molecular flexibility index (Phi) is 5.89. The largest absolute Gasteiger partial charge is 0.477 e. The molecule has 6 heteroatoms. The molecule has 0 aliphatic carbocycles. The molecular formula is C18H21ClO5. The van der Waals surface area contributed by atoms with Crippen molar-refractivity contribution in [3.05, 3.63) is 38.7 Å². The first-order valence-electron chi connectivity index (χ1n) is 7.98. The van der Waals surface area contributed by atoms with Crippen molar-refractivity contribution in [1.82, 2.24) is 0 Å². The molecular weight excluding hydrogens is 332 g/mol. The van der Waals surface area contributed by atoms with Gasteiger partial charge in [-0.25, -0.2) is 9.59 Å². The molecule has 2 aromatic rings. The van der Waals surface area contributed by atoms with Crippen molar-refractivity contribution in [2.45, 2.75) is 46.6 Å². The molecule has 0 bridgehead atoms. The normalized spacial score (nSPS) is 12.2. The molecule has 1 aromatic heterocycles. The van der Waals surface area contributed by atoms with Gasteiger partial charge in [-0.05, 0) is 38.8 Å². The van der Waals surface area contributed by atoms with Crippen LogP contribution in [-0.2, 0) is 16.0 Å². The minimum atomic E-state index is -0.813. The quantitative estimate of drug-likeness (QED) is 0.580. The zero-order valence-electron chi connectivity index (χ0n) is 14.3. The Hall–Kier alpha value is -2.01. The molecule has 0 radical (unpaired) electrons. The maximum atomic E-state index is 12.1. The summed E-state index contributed by atoms with van der Waals surface area (Å²) in [5.41, 5.74) is 1.55. The average Bonchev–Trinajstić information content (AvgIpc) is 2.53. The highest BCUT2D eigenvalue weighted by molar-refractivity contribution is 6.32. The van der Waals surface area contributed by atoms with Gasteiger partial charge in [-0.15, -0.1) is 0 Å². The summed E-state index contributed by atoms with van der Waals surface area (Å²) in [6, 6.07) is 3.24. The van der Waals surface area contributed by atoms with Crippen molar-refractivity contribution >= 4 is 28.5 Å². The number of esters is 1. The molecule has 24 heavy (non-hydrogen) atoms. The highest BCUT2D eigenvalue weighted by Crippen LogP contribution is 2.32. The Labute approximate surface area is 145 Å². The van der Waals surface area contributed by atoms with E-state index >= 15 is 0 Å². The summed E-state index contributed by atoms with van der Waals surface area (Å²) in [6.07, 6.45) is 0.690. The Morgan fingerprint density at radius 3 is 2.67 bits per heavy atom. The fourth-order valence-electron chi connectivity index (χ4n) is 2.52. The van der Waals surface area contributed by atoms with Crippen molar-refractivity contribution in [3.63, 3.8) is 0 Å². The van der Waals surface area contributed by atoms with Crippen LogP contribution < -0.4 is 10.4 Å². The van der Waals surface area contributed by atoms with Gasteiger partial charge in [-0.3, -0.25) is 0 Å². The van der Waals surface area contributed by atoms with Crippen molar-refractivity contribution in [2.24, 2.45) is 0 Å². The van der Waals surface area contributed by atoms with Crippen LogP contribution in [0.4, 0.5) is 0 Å². The molecule has 0 N–H and O–H groups in total. The molecule has 0 aliphatic rings. The molecule has 1 atom stereocenters. The lowest BCUT2D eigenvalue weighted by atomic mass is 10.0. The molecule has 1 heterocycles. The van der Waals surface area contributed by atoms with Crippen molar-refractivity contribution < 1.29 is 18.7 Å². The summed E-state index contributed by atoms with van der Waals surface area (Å²) < 4.78 is 15.9. The third-order valence-corrected chi connectivity index (χ3v) is 4.06. The van der Waals surface area contributed by atoms with E-state index in [-0.39, 0.29) is 18.0 Å². The van der Waals surface area contributed by atoms with E-state index in [1.165, 1.54) is 6.07 Å². The average molecular weight is 353 g/mol. The van der Waals surface area contributed by atoms with Crippen LogP contribution in [0, 0.1) is 6.92 Å². The molecule has 0 aliphatic heterocycles. The standard InChI is InChI=1S/C18H21ClO5/c1-5-7-12-10(3)13-8-14(19)16(9-15(13)24-18(12)21)23-11(4)17(20)22-6-2/h8-9,11H,5-7H2,1-4H3/t11-/m1/s1. The van der Waals surface area contributed by atoms with E-state index in [1.807, 2.05) is 13.8 Å². The minimum absolute atomic E-state index is 0.270. The lowest BCUT2D eigenvalue weighted by Gasteiger charge is -2.15. The Morgan fingerprint density at radius 2 is 2.04 bits per heavy atom. The van der Waals surface area contributed by atoms with E-state index in [0.29, 0.717) is 22.6 Å². The lowest BCUT2D eigenvalue weighted by Crippen LogP contribution is -2.26. The number of aryl methyl sites for hydroxylation is 1. The van der Waals surface area contributed by atoms with Crippen LogP contribution in [0.25, 0.3) is 11.0 Å². The summed E-state index contributed by atoms with van der Waals surface area (Å²) in [5.74, 6) is -0.208. The second-order valence-electron chi connectivity index (χ2n) is 5.53. The molecule has 1 aromatic carbocycles. The van der Waals surface area contributed by atoms with E-state index in [0.717, 1.165) is 17.4 Å². The number of rotatable bonds is 6. The highest BCUT2D eigenvalue weighted by Gasteiger charge is 2.19. The fourth-order valence-corrected chi connectivity index (χ4v) is 2.73. The maximum absolute atomic E-state index is 12.1. The number of benzene rings is 1. The van der Waals surface area contributed by atoms with Gasteiger partial charge in [0.2, 0.25) is 0 Å². The van der Waals surface area contributed by atoms with Crippen LogP contribution >= 0.6 is 11.6 Å². The Morgan fingerprint density at radius 1 is 1.33 bits per heavy atom. The second-order valence-corrected chi connectivity index (χ2v) is 5.94. The molecule has 0 spiro atoms. The van der Waals surface area contributed by atoms with Crippen molar-refractivity contribution in [2.75, 3.05) is 6.61 Å². The summed E-state index contributed by atoms with van der Waals surface area (Å²) in [4.78, 5) is 23.8. The predicted octanol–water partition coefficient (Wildman–Crippen LogP) is 4.04. The number of halogens is 1. The number of hydrogen-bond donors (Lipinski definition) is 0. The Bertz CT molecular complexity index is 809. The number of ether oxygens (including phenoxy) is 2. The number of carbonyl (C=O) groups excluding carboxylic acids is 1. The monoisotopic (exact) mass is 352 g/mol. The van der Waals surface area contributed by atoms with E-state index in [1.54, 1.807) is 19.9 Å². The number of fused-ring (bicyclic) bond motifs is 1. The summed E-state index contributed by atoms with van der Waals surface area (Å²) in [7, 11) is 0. The van der Waals surface area contributed by atoms with Gasteiger partial charge in [0.25, 0.3) is 0 Å². The molecule has 130 valence electrons. The molecule has 5 nitrogen and oxygen atoms in total. The molecule has 0 saturated heterocycles. The van der Waals surface area contributed by atoms with E-state index in [2.05, 4.69) is 0 Å². The van der Waals surface area contributed by atoms with Gasteiger partial charge in [-0.1, -0.05) is 24.9 Å². The molecule has 2 rings (SSSR count). The van der Waals surface area contributed by atoms with Gasteiger partial charge in [0.1, 0.15) is 11.3 Å². The smallest absolute Gasteiger partial charge is 0.347 e. The highest BCUT2D eigenvalue weighted by atomic mass is 35.5. The molecule has 0 unspecified atom stereocenters. The van der Waals surface area contributed by atoms with Crippen LogP contribution in [0.15, 0.2) is 21.3 Å². The minimum Gasteiger partial charge on any atom is -0.477 e. The zero-order chi connectivity index (χ0) is 17.9. The van der Waals surface area contributed by atoms with Crippen LogP contribution in [0.3, 0.4) is 0 Å². The second kappa shape index (κ2) is 7.71. The van der Waals surface area contributed by atoms with Crippen LogP contribution in [0.5, 0.6) is 5.75 Å². The third-order valence-electron chi connectivity index (χ3n) is 3.76. The topological polar surface area (TPSA) is 65.7 Å². The van der Waals surface area contributed by atoms with Gasteiger partial charge in [0.15, 0.2) is 6.10 Å². The first kappa shape index (κ1) is 18.3. The van der Waals surface area contributed by atoms with Gasteiger partial charge in [0, 0.05) is 17.0 Å². The molecule has 0 fully saturated rings. The van der Waals surface area contributed by atoms with E-state index in [4.69, 9.17) is 25.5 Å². The lowest BCUT2D eigenvalue weighted by molar-refractivity contribution is -0.150. The van der Waals surface area contributed by atoms with Gasteiger partial charge >= 0.3 is 11.6 Å². The predicted molar refractivity (Wildman–Crippen MR) is 92.9 cm³/mol. The SMILES string of the molecule is CCCc1c(C)c2cc(Cl)c(O[C@H](C)C(=O)OCC)cc2oc1=O. The fraction of sp³-hybridized carbons (Fsp3) is 0.444.